The second-order valence-corrected chi connectivity index (χ2v) is 4.59. The average Bonchev–Trinajstić information content (AvgIpc) is 2.42. The Kier molecular flexibility index (Phi) is 3.32. The molecule has 0 unspecified atom stereocenters. The summed E-state index contributed by atoms with van der Waals surface area (Å²) in [6.07, 6.45) is 1.96. The SMILES string of the molecule is COCCn1c(C(C)(C)C)cnc1C. The third kappa shape index (κ3) is 2.35. The topological polar surface area (TPSA) is 27.1 Å². The maximum atomic E-state index is 5.09. The van der Waals surface area contributed by atoms with Crippen LogP contribution >= 0.6 is 0 Å². The van der Waals surface area contributed by atoms with Gasteiger partial charge < -0.3 is 9.30 Å². The first-order chi connectivity index (χ1) is 6.46. The summed E-state index contributed by atoms with van der Waals surface area (Å²) >= 11 is 0. The van der Waals surface area contributed by atoms with E-state index in [1.807, 2.05) is 13.1 Å². The third-order valence-electron chi connectivity index (χ3n) is 2.34. The lowest BCUT2D eigenvalue weighted by atomic mass is 9.92. The van der Waals surface area contributed by atoms with E-state index in [0.717, 1.165) is 19.0 Å². The van der Waals surface area contributed by atoms with Crippen molar-refractivity contribution >= 4 is 0 Å². The smallest absolute Gasteiger partial charge is 0.105 e. The predicted octanol–water partition coefficient (Wildman–Crippen LogP) is 2.14. The molecule has 0 aromatic carbocycles. The van der Waals surface area contributed by atoms with E-state index in [-0.39, 0.29) is 5.41 Å². The van der Waals surface area contributed by atoms with E-state index in [2.05, 4.69) is 30.3 Å². The molecular weight excluding hydrogens is 176 g/mol. The molecule has 0 amide bonds. The minimum absolute atomic E-state index is 0.148. The van der Waals surface area contributed by atoms with Crippen LogP contribution in [0.3, 0.4) is 0 Å². The summed E-state index contributed by atoms with van der Waals surface area (Å²) in [6, 6.07) is 0. The van der Waals surface area contributed by atoms with Gasteiger partial charge in [-0.05, 0) is 6.92 Å². The fourth-order valence-corrected chi connectivity index (χ4v) is 1.53. The Morgan fingerprint density at radius 3 is 2.57 bits per heavy atom. The van der Waals surface area contributed by atoms with Gasteiger partial charge in [0, 0.05) is 31.0 Å². The molecule has 0 fully saturated rings. The van der Waals surface area contributed by atoms with Crippen LogP contribution in [-0.2, 0) is 16.7 Å². The predicted molar refractivity (Wildman–Crippen MR) is 57.5 cm³/mol. The van der Waals surface area contributed by atoms with E-state index in [0.29, 0.717) is 0 Å². The molecule has 1 aromatic rings. The van der Waals surface area contributed by atoms with Gasteiger partial charge in [-0.3, -0.25) is 0 Å². The molecule has 0 radical (unpaired) electrons. The van der Waals surface area contributed by atoms with Crippen LogP contribution in [0.4, 0.5) is 0 Å². The van der Waals surface area contributed by atoms with Crippen molar-refractivity contribution in [1.29, 1.82) is 0 Å². The van der Waals surface area contributed by atoms with E-state index < -0.39 is 0 Å². The Bertz CT molecular complexity index is 297. The lowest BCUT2D eigenvalue weighted by Gasteiger charge is -2.21. The third-order valence-corrected chi connectivity index (χ3v) is 2.34. The van der Waals surface area contributed by atoms with Gasteiger partial charge in [-0.15, -0.1) is 0 Å². The highest BCUT2D eigenvalue weighted by Gasteiger charge is 2.19. The molecule has 3 heteroatoms. The maximum Gasteiger partial charge on any atom is 0.105 e. The fourth-order valence-electron chi connectivity index (χ4n) is 1.53. The zero-order chi connectivity index (χ0) is 10.8. The Balaban J connectivity index is 2.94. The van der Waals surface area contributed by atoms with Gasteiger partial charge in [0.25, 0.3) is 0 Å². The van der Waals surface area contributed by atoms with Gasteiger partial charge in [0.05, 0.1) is 6.61 Å². The minimum Gasteiger partial charge on any atom is -0.383 e. The number of imidazole rings is 1. The highest BCUT2D eigenvalue weighted by molar-refractivity contribution is 5.14. The van der Waals surface area contributed by atoms with E-state index in [9.17, 15) is 0 Å². The van der Waals surface area contributed by atoms with E-state index in [1.165, 1.54) is 5.69 Å². The molecule has 0 N–H and O–H groups in total. The van der Waals surface area contributed by atoms with Crippen LogP contribution in [0.25, 0.3) is 0 Å². The molecule has 80 valence electrons. The number of nitrogens with zero attached hydrogens (tertiary/aromatic N) is 2. The lowest BCUT2D eigenvalue weighted by molar-refractivity contribution is 0.184. The standard InChI is InChI=1S/C11H20N2O/c1-9-12-8-10(11(2,3)4)13(9)6-7-14-5/h8H,6-7H2,1-5H3. The van der Waals surface area contributed by atoms with Crippen LogP contribution in [0.5, 0.6) is 0 Å². The van der Waals surface area contributed by atoms with Crippen molar-refractivity contribution < 1.29 is 4.74 Å². The van der Waals surface area contributed by atoms with Crippen molar-refractivity contribution in [2.24, 2.45) is 0 Å². The van der Waals surface area contributed by atoms with Crippen LogP contribution < -0.4 is 0 Å². The molecule has 0 saturated carbocycles. The van der Waals surface area contributed by atoms with Gasteiger partial charge in [-0.1, -0.05) is 20.8 Å². The first-order valence-corrected chi connectivity index (χ1v) is 4.98. The lowest BCUT2D eigenvalue weighted by Crippen LogP contribution is -2.19. The number of hydrogen-bond acceptors (Lipinski definition) is 2. The number of hydrogen-bond donors (Lipinski definition) is 0. The summed E-state index contributed by atoms with van der Waals surface area (Å²) in [5, 5.41) is 0. The average molecular weight is 196 g/mol. The second kappa shape index (κ2) is 4.13. The summed E-state index contributed by atoms with van der Waals surface area (Å²) in [7, 11) is 1.73. The molecule has 1 heterocycles. The van der Waals surface area contributed by atoms with Gasteiger partial charge >= 0.3 is 0 Å². The van der Waals surface area contributed by atoms with E-state index in [1.54, 1.807) is 7.11 Å². The molecule has 0 aliphatic heterocycles. The number of methoxy groups -OCH3 is 1. The van der Waals surface area contributed by atoms with Crippen LogP contribution in [0.1, 0.15) is 32.3 Å². The number of aryl methyl sites for hydroxylation is 1. The molecule has 1 aromatic heterocycles. The summed E-state index contributed by atoms with van der Waals surface area (Å²) < 4.78 is 7.31. The van der Waals surface area contributed by atoms with E-state index in [4.69, 9.17) is 4.74 Å². The highest BCUT2D eigenvalue weighted by Crippen LogP contribution is 2.22. The summed E-state index contributed by atoms with van der Waals surface area (Å²) in [4.78, 5) is 4.34. The van der Waals surface area contributed by atoms with Crippen molar-refractivity contribution in [2.45, 2.75) is 39.7 Å². The Labute approximate surface area is 86.1 Å². The van der Waals surface area contributed by atoms with Crippen LogP contribution in [-0.4, -0.2) is 23.3 Å². The summed E-state index contributed by atoms with van der Waals surface area (Å²) in [5.41, 5.74) is 1.42. The molecule has 14 heavy (non-hydrogen) atoms. The highest BCUT2D eigenvalue weighted by atomic mass is 16.5. The molecule has 0 atom stereocenters. The van der Waals surface area contributed by atoms with Crippen molar-refractivity contribution in [3.05, 3.63) is 17.7 Å². The molecular formula is C11H20N2O. The minimum atomic E-state index is 0.148. The normalized spacial score (nSPS) is 12.1. The number of ether oxygens (including phenoxy) is 1. The van der Waals surface area contributed by atoms with Crippen LogP contribution in [0.15, 0.2) is 6.20 Å². The Hall–Kier alpha value is -0.830. The van der Waals surface area contributed by atoms with Crippen molar-refractivity contribution in [3.8, 4) is 0 Å². The zero-order valence-corrected chi connectivity index (χ0v) is 9.79. The number of rotatable bonds is 3. The zero-order valence-electron chi connectivity index (χ0n) is 9.79. The summed E-state index contributed by atoms with van der Waals surface area (Å²) in [5.74, 6) is 1.06. The van der Waals surface area contributed by atoms with Gasteiger partial charge in [-0.25, -0.2) is 4.98 Å². The quantitative estimate of drug-likeness (QED) is 0.740. The second-order valence-electron chi connectivity index (χ2n) is 4.59. The van der Waals surface area contributed by atoms with Gasteiger partial charge in [0.15, 0.2) is 0 Å². The largest absolute Gasteiger partial charge is 0.383 e. The molecule has 0 aliphatic carbocycles. The first kappa shape index (κ1) is 11.2. The van der Waals surface area contributed by atoms with Gasteiger partial charge in [0.2, 0.25) is 0 Å². The Morgan fingerprint density at radius 1 is 1.43 bits per heavy atom. The van der Waals surface area contributed by atoms with Gasteiger partial charge in [-0.2, -0.15) is 0 Å². The number of aromatic nitrogens is 2. The molecule has 0 bridgehead atoms. The Morgan fingerprint density at radius 2 is 2.07 bits per heavy atom. The van der Waals surface area contributed by atoms with Crippen molar-refractivity contribution in [1.82, 2.24) is 9.55 Å². The van der Waals surface area contributed by atoms with E-state index >= 15 is 0 Å². The fraction of sp³-hybridized carbons (Fsp3) is 0.727. The molecule has 0 aliphatic rings. The molecule has 0 saturated heterocycles. The van der Waals surface area contributed by atoms with Gasteiger partial charge in [0.1, 0.15) is 5.82 Å². The van der Waals surface area contributed by atoms with Crippen molar-refractivity contribution in [2.75, 3.05) is 13.7 Å². The van der Waals surface area contributed by atoms with Crippen molar-refractivity contribution in [3.63, 3.8) is 0 Å². The monoisotopic (exact) mass is 196 g/mol. The molecule has 1 rings (SSSR count). The molecule has 3 nitrogen and oxygen atoms in total. The molecule has 0 spiro atoms. The summed E-state index contributed by atoms with van der Waals surface area (Å²) in [6.45, 7) is 10.3. The maximum absolute atomic E-state index is 5.09. The van der Waals surface area contributed by atoms with Crippen LogP contribution in [0.2, 0.25) is 0 Å². The van der Waals surface area contributed by atoms with Crippen LogP contribution in [0, 0.1) is 6.92 Å². The first-order valence-electron chi connectivity index (χ1n) is 4.98.